The smallest absolute Gasteiger partial charge is 0.416 e. The Hall–Kier alpha value is -3.35. The van der Waals surface area contributed by atoms with Crippen LogP contribution < -0.4 is 20.7 Å². The molecule has 1 fully saturated rings. The van der Waals surface area contributed by atoms with Crippen molar-refractivity contribution in [3.8, 4) is 5.75 Å². The zero-order valence-electron chi connectivity index (χ0n) is 20.0. The highest BCUT2D eigenvalue weighted by molar-refractivity contribution is 5.99. The number of hydrogen-bond donors (Lipinski definition) is 4. The average Bonchev–Trinajstić information content (AvgIpc) is 3.21. The maximum atomic E-state index is 12.7. The van der Waals surface area contributed by atoms with E-state index in [9.17, 15) is 27.9 Å². The van der Waals surface area contributed by atoms with E-state index in [1.807, 2.05) is 0 Å². The lowest BCUT2D eigenvalue weighted by Gasteiger charge is -2.37. The second-order valence-corrected chi connectivity index (χ2v) is 8.86. The molecule has 2 aromatic rings. The molecule has 0 saturated carbocycles. The molecule has 9 nitrogen and oxygen atoms in total. The number of aliphatic hydroxyl groups is 1. The van der Waals surface area contributed by atoms with Gasteiger partial charge in [-0.1, -0.05) is 0 Å². The summed E-state index contributed by atoms with van der Waals surface area (Å²) in [6, 6.07) is 8.58. The Morgan fingerprint density at radius 1 is 1.11 bits per heavy atom. The SMILES string of the molecule is COCCNC(=O)C[C@H]1C[C@@H]2c3cc(NC(=O)Nc4ccc(C(F)(F)F)cc4)ccc3O[C@@H]2[C@@H](CO)O1. The fourth-order valence-corrected chi connectivity index (χ4v) is 4.57. The highest BCUT2D eigenvalue weighted by Gasteiger charge is 2.46. The lowest BCUT2D eigenvalue weighted by molar-refractivity contribution is -0.142. The first-order valence-electron chi connectivity index (χ1n) is 11.8. The number of anilines is 2. The van der Waals surface area contributed by atoms with Crippen molar-refractivity contribution in [2.75, 3.05) is 37.5 Å². The molecule has 0 aromatic heterocycles. The molecule has 12 heteroatoms. The number of nitrogens with one attached hydrogen (secondary N) is 3. The molecule has 200 valence electrons. The maximum absolute atomic E-state index is 12.7. The first-order valence-corrected chi connectivity index (χ1v) is 11.8. The number of alkyl halides is 3. The van der Waals surface area contributed by atoms with Crippen LogP contribution in [-0.2, 0) is 20.4 Å². The van der Waals surface area contributed by atoms with Crippen molar-refractivity contribution in [3.05, 3.63) is 53.6 Å². The molecule has 0 bridgehead atoms. The minimum atomic E-state index is -4.46. The number of amides is 3. The summed E-state index contributed by atoms with van der Waals surface area (Å²) in [5, 5.41) is 17.8. The van der Waals surface area contributed by atoms with Gasteiger partial charge in [-0.05, 0) is 48.9 Å². The fraction of sp³-hybridized carbons (Fsp3) is 0.440. The second-order valence-electron chi connectivity index (χ2n) is 8.86. The Kier molecular flexibility index (Phi) is 8.20. The lowest BCUT2D eigenvalue weighted by Crippen LogP contribution is -2.47. The minimum Gasteiger partial charge on any atom is -0.487 e. The Morgan fingerprint density at radius 3 is 2.49 bits per heavy atom. The van der Waals surface area contributed by atoms with Crippen LogP contribution in [0, 0.1) is 0 Å². The number of methoxy groups -OCH3 is 1. The third kappa shape index (κ3) is 6.51. The van der Waals surface area contributed by atoms with Gasteiger partial charge in [-0.3, -0.25) is 4.79 Å². The van der Waals surface area contributed by atoms with Gasteiger partial charge in [-0.25, -0.2) is 4.79 Å². The number of benzene rings is 2. The molecule has 3 amide bonds. The zero-order valence-corrected chi connectivity index (χ0v) is 20.0. The maximum Gasteiger partial charge on any atom is 0.416 e. The molecule has 1 saturated heterocycles. The molecule has 2 aliphatic heterocycles. The Morgan fingerprint density at radius 2 is 1.81 bits per heavy atom. The van der Waals surface area contributed by atoms with E-state index in [1.165, 1.54) is 12.1 Å². The van der Waals surface area contributed by atoms with E-state index in [4.69, 9.17) is 14.2 Å². The van der Waals surface area contributed by atoms with E-state index in [0.717, 1.165) is 17.7 Å². The number of halogens is 3. The van der Waals surface area contributed by atoms with Gasteiger partial charge >= 0.3 is 12.2 Å². The third-order valence-corrected chi connectivity index (χ3v) is 6.27. The van der Waals surface area contributed by atoms with Crippen LogP contribution in [0.3, 0.4) is 0 Å². The number of aliphatic hydroxyl groups excluding tert-OH is 1. The van der Waals surface area contributed by atoms with Gasteiger partial charge in [0.05, 0.1) is 31.3 Å². The van der Waals surface area contributed by atoms with Crippen molar-refractivity contribution >= 4 is 23.3 Å². The van der Waals surface area contributed by atoms with Gasteiger partial charge in [0.25, 0.3) is 0 Å². The monoisotopic (exact) mass is 523 g/mol. The fourth-order valence-electron chi connectivity index (χ4n) is 4.57. The Balaban J connectivity index is 1.41. The van der Waals surface area contributed by atoms with E-state index in [-0.39, 0.29) is 30.5 Å². The number of rotatable bonds is 8. The van der Waals surface area contributed by atoms with Crippen molar-refractivity contribution in [2.24, 2.45) is 0 Å². The van der Waals surface area contributed by atoms with Crippen LogP contribution in [0.4, 0.5) is 29.3 Å². The van der Waals surface area contributed by atoms with E-state index < -0.39 is 36.1 Å². The summed E-state index contributed by atoms with van der Waals surface area (Å²) in [4.78, 5) is 24.7. The normalized spacial score (nSPS) is 22.4. The number of carbonyl (C=O) groups is 2. The van der Waals surface area contributed by atoms with Crippen LogP contribution in [-0.4, -0.2) is 62.2 Å². The molecule has 37 heavy (non-hydrogen) atoms. The quantitative estimate of drug-likeness (QED) is 0.394. The van der Waals surface area contributed by atoms with Gasteiger partial charge in [-0.2, -0.15) is 13.2 Å². The predicted octanol–water partition coefficient (Wildman–Crippen LogP) is 3.50. The number of fused-ring (bicyclic) bond motifs is 3. The van der Waals surface area contributed by atoms with Gasteiger partial charge < -0.3 is 35.3 Å². The number of carbonyl (C=O) groups excluding carboxylic acids is 2. The molecular formula is C25H28F3N3O6. The average molecular weight is 524 g/mol. The van der Waals surface area contributed by atoms with Crippen LogP contribution in [0.2, 0.25) is 0 Å². The van der Waals surface area contributed by atoms with E-state index >= 15 is 0 Å². The summed E-state index contributed by atoms with van der Waals surface area (Å²) < 4.78 is 55.1. The van der Waals surface area contributed by atoms with Crippen molar-refractivity contribution < 1.29 is 42.1 Å². The summed E-state index contributed by atoms with van der Waals surface area (Å²) in [6.07, 6.45) is -5.36. The molecule has 0 unspecified atom stereocenters. The van der Waals surface area contributed by atoms with Gasteiger partial charge in [0.2, 0.25) is 5.91 Å². The summed E-state index contributed by atoms with van der Waals surface area (Å²) >= 11 is 0. The molecule has 0 aliphatic carbocycles. The van der Waals surface area contributed by atoms with Crippen LogP contribution in [0.1, 0.15) is 29.9 Å². The van der Waals surface area contributed by atoms with E-state index in [1.54, 1.807) is 25.3 Å². The van der Waals surface area contributed by atoms with E-state index in [0.29, 0.717) is 31.0 Å². The molecule has 2 heterocycles. The summed E-state index contributed by atoms with van der Waals surface area (Å²) in [5.74, 6) is 0.236. The molecule has 4 atom stereocenters. The summed E-state index contributed by atoms with van der Waals surface area (Å²) in [7, 11) is 1.54. The van der Waals surface area contributed by atoms with Crippen LogP contribution in [0.25, 0.3) is 0 Å². The topological polar surface area (TPSA) is 118 Å². The highest BCUT2D eigenvalue weighted by atomic mass is 19.4. The third-order valence-electron chi connectivity index (χ3n) is 6.27. The summed E-state index contributed by atoms with van der Waals surface area (Å²) in [6.45, 7) is 0.495. The van der Waals surface area contributed by atoms with Crippen LogP contribution in [0.15, 0.2) is 42.5 Å². The predicted molar refractivity (Wildman–Crippen MR) is 128 cm³/mol. The van der Waals surface area contributed by atoms with Crippen molar-refractivity contribution in [2.45, 2.75) is 43.2 Å². The van der Waals surface area contributed by atoms with Crippen LogP contribution in [0.5, 0.6) is 5.75 Å². The second kappa shape index (κ2) is 11.4. The largest absolute Gasteiger partial charge is 0.487 e. The number of urea groups is 1. The zero-order chi connectivity index (χ0) is 26.6. The van der Waals surface area contributed by atoms with Gasteiger partial charge in [0.1, 0.15) is 18.0 Å². The van der Waals surface area contributed by atoms with Gasteiger partial charge in [-0.15, -0.1) is 0 Å². The molecular weight excluding hydrogens is 495 g/mol. The molecule has 2 aliphatic rings. The molecule has 4 N–H and O–H groups in total. The molecule has 0 radical (unpaired) electrons. The van der Waals surface area contributed by atoms with Crippen molar-refractivity contribution in [1.82, 2.24) is 5.32 Å². The Bertz CT molecular complexity index is 1110. The molecule has 2 aromatic carbocycles. The Labute approximate surface area is 211 Å². The van der Waals surface area contributed by atoms with Gasteiger partial charge in [0, 0.05) is 36.5 Å². The summed E-state index contributed by atoms with van der Waals surface area (Å²) in [5.41, 5.74) is 0.657. The minimum absolute atomic E-state index is 0.117. The van der Waals surface area contributed by atoms with Crippen molar-refractivity contribution in [3.63, 3.8) is 0 Å². The highest BCUT2D eigenvalue weighted by Crippen LogP contribution is 2.47. The number of ether oxygens (including phenoxy) is 3. The first-order chi connectivity index (χ1) is 17.7. The standard InChI is InChI=1S/C25H28F3N3O6/c1-35-9-8-29-22(33)12-17-11-19-18-10-16(6-7-20(18)37-23(19)21(13-32)36-17)31-24(34)30-15-4-2-14(3-5-15)25(26,27)28/h2-7,10,17,19,21,23,32H,8-9,11-13H2,1H3,(H,29,33)(H2,30,31,34)/t17-,19-,21-,23+/m1/s1. The first kappa shape index (κ1) is 26.7. The van der Waals surface area contributed by atoms with Gasteiger partial charge in [0.15, 0.2) is 0 Å². The molecule has 4 rings (SSSR count). The number of hydrogen-bond acceptors (Lipinski definition) is 6. The van der Waals surface area contributed by atoms with Crippen molar-refractivity contribution in [1.29, 1.82) is 0 Å². The van der Waals surface area contributed by atoms with E-state index in [2.05, 4.69) is 16.0 Å². The molecule has 0 spiro atoms. The van der Waals surface area contributed by atoms with Crippen LogP contribution >= 0.6 is 0 Å². The lowest BCUT2D eigenvalue weighted by atomic mass is 9.84.